The predicted octanol–water partition coefficient (Wildman–Crippen LogP) is 2.65. The summed E-state index contributed by atoms with van der Waals surface area (Å²) in [5, 5.41) is 11.6. The molecule has 0 saturated carbocycles. The topological polar surface area (TPSA) is 58.3 Å². The molecule has 0 aliphatic carbocycles. The predicted molar refractivity (Wildman–Crippen MR) is 70.5 cm³/mol. The van der Waals surface area contributed by atoms with E-state index in [0.29, 0.717) is 0 Å². The summed E-state index contributed by atoms with van der Waals surface area (Å²) in [4.78, 5) is 0. The molecule has 0 amide bonds. The Balaban J connectivity index is 2.10. The molecule has 4 N–H and O–H groups in total. The number of hydrogen-bond donors (Lipinski definition) is 3. The second kappa shape index (κ2) is 5.67. The van der Waals surface area contributed by atoms with E-state index in [1.165, 1.54) is 0 Å². The molecular formula is C14H14F2N2O. The van der Waals surface area contributed by atoms with Crippen molar-refractivity contribution < 1.29 is 13.9 Å². The van der Waals surface area contributed by atoms with Gasteiger partial charge in [-0.1, -0.05) is 24.3 Å². The van der Waals surface area contributed by atoms with Crippen molar-refractivity contribution in [3.63, 3.8) is 0 Å². The Hall–Kier alpha value is -2.14. The number of benzene rings is 2. The van der Waals surface area contributed by atoms with E-state index in [1.807, 2.05) is 0 Å². The molecule has 2 aromatic carbocycles. The number of anilines is 2. The molecular weight excluding hydrogens is 250 g/mol. The Morgan fingerprint density at radius 3 is 2.05 bits per heavy atom. The van der Waals surface area contributed by atoms with Crippen LogP contribution in [0.3, 0.4) is 0 Å². The van der Waals surface area contributed by atoms with E-state index in [2.05, 4.69) is 5.32 Å². The Morgan fingerprint density at radius 1 is 1.00 bits per heavy atom. The fraction of sp³-hybridized carbons (Fsp3) is 0.143. The average Bonchev–Trinajstić information content (AvgIpc) is 2.38. The minimum Gasteiger partial charge on any atom is -0.399 e. The van der Waals surface area contributed by atoms with Crippen LogP contribution >= 0.6 is 0 Å². The Morgan fingerprint density at radius 2 is 1.53 bits per heavy atom. The second-order valence-corrected chi connectivity index (χ2v) is 4.19. The van der Waals surface area contributed by atoms with Crippen LogP contribution in [0.15, 0.2) is 36.4 Å². The van der Waals surface area contributed by atoms with Crippen molar-refractivity contribution in [3.8, 4) is 0 Å². The third-order valence-electron chi connectivity index (χ3n) is 2.74. The molecule has 0 spiro atoms. The van der Waals surface area contributed by atoms with E-state index >= 15 is 0 Å². The van der Waals surface area contributed by atoms with Crippen LogP contribution in [0.5, 0.6) is 0 Å². The van der Waals surface area contributed by atoms with Crippen LogP contribution in [-0.2, 0) is 13.2 Å². The van der Waals surface area contributed by atoms with Gasteiger partial charge in [0.1, 0.15) is 5.69 Å². The first-order valence-corrected chi connectivity index (χ1v) is 5.77. The first kappa shape index (κ1) is 13.3. The van der Waals surface area contributed by atoms with E-state index < -0.39 is 11.6 Å². The van der Waals surface area contributed by atoms with Gasteiger partial charge >= 0.3 is 0 Å². The standard InChI is InChI=1S/C14H14F2N2O/c15-12-5-11(17)6-13(16)14(12)18-7-9-1-3-10(8-19)4-2-9/h1-6,18-19H,7-8,17H2. The Bertz CT molecular complexity index is 547. The molecule has 2 aromatic rings. The molecule has 0 aromatic heterocycles. The summed E-state index contributed by atoms with van der Waals surface area (Å²) in [6, 6.07) is 9.22. The van der Waals surface area contributed by atoms with Crippen molar-refractivity contribution in [1.29, 1.82) is 0 Å². The van der Waals surface area contributed by atoms with Crippen molar-refractivity contribution >= 4 is 11.4 Å². The van der Waals surface area contributed by atoms with Crippen molar-refractivity contribution in [2.45, 2.75) is 13.2 Å². The van der Waals surface area contributed by atoms with Crippen LogP contribution in [0, 0.1) is 11.6 Å². The number of rotatable bonds is 4. The van der Waals surface area contributed by atoms with Gasteiger partial charge < -0.3 is 16.2 Å². The summed E-state index contributed by atoms with van der Waals surface area (Å²) in [6.45, 7) is 0.248. The zero-order chi connectivity index (χ0) is 13.8. The van der Waals surface area contributed by atoms with Crippen molar-refractivity contribution in [2.75, 3.05) is 11.1 Å². The first-order chi connectivity index (χ1) is 9.10. The minimum atomic E-state index is -0.718. The summed E-state index contributed by atoms with van der Waals surface area (Å²) >= 11 is 0. The SMILES string of the molecule is Nc1cc(F)c(NCc2ccc(CO)cc2)c(F)c1. The smallest absolute Gasteiger partial charge is 0.151 e. The lowest BCUT2D eigenvalue weighted by molar-refractivity contribution is 0.282. The van der Waals surface area contributed by atoms with Crippen LogP contribution in [0.1, 0.15) is 11.1 Å². The monoisotopic (exact) mass is 264 g/mol. The van der Waals surface area contributed by atoms with Gasteiger partial charge in [-0.05, 0) is 23.3 Å². The van der Waals surface area contributed by atoms with Crippen molar-refractivity contribution in [3.05, 3.63) is 59.2 Å². The molecule has 0 atom stereocenters. The molecule has 0 aliphatic rings. The van der Waals surface area contributed by atoms with E-state index in [9.17, 15) is 8.78 Å². The van der Waals surface area contributed by atoms with Gasteiger partial charge in [-0.25, -0.2) is 8.78 Å². The van der Waals surface area contributed by atoms with Gasteiger partial charge in [0.2, 0.25) is 0 Å². The summed E-state index contributed by atoms with van der Waals surface area (Å²) < 4.78 is 27.0. The normalized spacial score (nSPS) is 10.5. The minimum absolute atomic E-state index is 0.0328. The van der Waals surface area contributed by atoms with Crippen LogP contribution < -0.4 is 11.1 Å². The van der Waals surface area contributed by atoms with E-state index in [1.54, 1.807) is 24.3 Å². The average molecular weight is 264 g/mol. The van der Waals surface area contributed by atoms with Crippen LogP contribution in [0.2, 0.25) is 0 Å². The summed E-state index contributed by atoms with van der Waals surface area (Å²) in [7, 11) is 0. The first-order valence-electron chi connectivity index (χ1n) is 5.77. The molecule has 0 bridgehead atoms. The Labute approximate surface area is 109 Å². The van der Waals surface area contributed by atoms with E-state index in [-0.39, 0.29) is 24.5 Å². The van der Waals surface area contributed by atoms with Gasteiger partial charge in [0.05, 0.1) is 6.61 Å². The molecule has 2 rings (SSSR count). The number of nitrogens with two attached hydrogens (primary N) is 1. The number of aliphatic hydroxyl groups is 1. The fourth-order valence-electron chi connectivity index (χ4n) is 1.71. The van der Waals surface area contributed by atoms with Gasteiger partial charge in [-0.2, -0.15) is 0 Å². The summed E-state index contributed by atoms with van der Waals surface area (Å²) in [6.07, 6.45) is 0. The van der Waals surface area contributed by atoms with Gasteiger partial charge in [-0.15, -0.1) is 0 Å². The fourth-order valence-corrected chi connectivity index (χ4v) is 1.71. The number of aliphatic hydroxyl groups excluding tert-OH is 1. The van der Waals surface area contributed by atoms with Crippen LogP contribution in [0.25, 0.3) is 0 Å². The maximum absolute atomic E-state index is 13.5. The van der Waals surface area contributed by atoms with Gasteiger partial charge in [0.15, 0.2) is 11.6 Å². The van der Waals surface area contributed by atoms with E-state index in [4.69, 9.17) is 10.8 Å². The zero-order valence-electron chi connectivity index (χ0n) is 10.2. The molecule has 0 saturated heterocycles. The maximum atomic E-state index is 13.5. The van der Waals surface area contributed by atoms with Crippen molar-refractivity contribution in [1.82, 2.24) is 0 Å². The molecule has 19 heavy (non-hydrogen) atoms. The van der Waals surface area contributed by atoms with E-state index in [0.717, 1.165) is 23.3 Å². The highest BCUT2D eigenvalue weighted by molar-refractivity contribution is 5.54. The number of nitrogen functional groups attached to an aromatic ring is 1. The molecule has 100 valence electrons. The third kappa shape index (κ3) is 3.20. The van der Waals surface area contributed by atoms with Crippen LogP contribution in [0.4, 0.5) is 20.2 Å². The lowest BCUT2D eigenvalue weighted by Crippen LogP contribution is -2.05. The molecule has 0 aliphatic heterocycles. The largest absolute Gasteiger partial charge is 0.399 e. The third-order valence-corrected chi connectivity index (χ3v) is 2.74. The number of halogens is 2. The molecule has 0 unspecified atom stereocenters. The molecule has 5 heteroatoms. The highest BCUT2D eigenvalue weighted by atomic mass is 19.1. The molecule has 0 radical (unpaired) electrons. The summed E-state index contributed by atoms with van der Waals surface area (Å²) in [5.41, 5.74) is 6.83. The molecule has 0 heterocycles. The van der Waals surface area contributed by atoms with Gasteiger partial charge in [-0.3, -0.25) is 0 Å². The summed E-state index contributed by atoms with van der Waals surface area (Å²) in [5.74, 6) is -1.44. The second-order valence-electron chi connectivity index (χ2n) is 4.19. The lowest BCUT2D eigenvalue weighted by atomic mass is 10.1. The quantitative estimate of drug-likeness (QED) is 0.744. The highest BCUT2D eigenvalue weighted by Gasteiger charge is 2.09. The van der Waals surface area contributed by atoms with Crippen LogP contribution in [-0.4, -0.2) is 5.11 Å². The van der Waals surface area contributed by atoms with Gasteiger partial charge in [0.25, 0.3) is 0 Å². The van der Waals surface area contributed by atoms with Gasteiger partial charge in [0, 0.05) is 12.2 Å². The van der Waals surface area contributed by atoms with Crippen molar-refractivity contribution in [2.24, 2.45) is 0 Å². The molecule has 0 fully saturated rings. The molecule has 3 nitrogen and oxygen atoms in total. The Kier molecular flexibility index (Phi) is 3.97. The maximum Gasteiger partial charge on any atom is 0.151 e. The number of hydrogen-bond acceptors (Lipinski definition) is 3. The highest BCUT2D eigenvalue weighted by Crippen LogP contribution is 2.22. The zero-order valence-corrected chi connectivity index (χ0v) is 10.2. The number of nitrogens with one attached hydrogen (secondary N) is 1. The lowest BCUT2D eigenvalue weighted by Gasteiger charge is -2.10.